The van der Waals surface area contributed by atoms with Crippen molar-refractivity contribution in [2.45, 2.75) is 18.4 Å². The van der Waals surface area contributed by atoms with Gasteiger partial charge in [0.05, 0.1) is 19.2 Å². The molecule has 1 aromatic heterocycles. The molecule has 1 aromatic rings. The summed E-state index contributed by atoms with van der Waals surface area (Å²) in [6.45, 7) is 4.21. The Morgan fingerprint density at radius 1 is 1.29 bits per heavy atom. The Bertz CT molecular complexity index is 583. The lowest BCUT2D eigenvalue weighted by atomic mass is 9.73. The molecule has 0 radical (unpaired) electrons. The molecule has 1 spiro atoms. The number of rotatable bonds is 2. The van der Waals surface area contributed by atoms with Crippen LogP contribution in [-0.4, -0.2) is 59.7 Å². The second-order valence-corrected chi connectivity index (χ2v) is 6.13. The van der Waals surface area contributed by atoms with Gasteiger partial charge in [-0.3, -0.25) is 4.90 Å². The van der Waals surface area contributed by atoms with E-state index in [0.29, 0.717) is 17.8 Å². The molecule has 2 bridgehead atoms. The molecule has 5 rings (SSSR count). The molecule has 0 amide bonds. The van der Waals surface area contributed by atoms with Gasteiger partial charge < -0.3 is 15.4 Å². The summed E-state index contributed by atoms with van der Waals surface area (Å²) in [4.78, 5) is 17.7. The van der Waals surface area contributed by atoms with Crippen LogP contribution in [0.2, 0.25) is 0 Å². The van der Waals surface area contributed by atoms with E-state index in [4.69, 9.17) is 15.5 Å². The van der Waals surface area contributed by atoms with Crippen molar-refractivity contribution in [2.75, 3.05) is 38.2 Å². The van der Waals surface area contributed by atoms with Gasteiger partial charge in [0.2, 0.25) is 5.88 Å². The third kappa shape index (κ3) is 1.95. The molecule has 7 nitrogen and oxygen atoms in total. The zero-order valence-electron chi connectivity index (χ0n) is 12.2. The van der Waals surface area contributed by atoms with Gasteiger partial charge in [-0.15, -0.1) is 0 Å². The largest absolute Gasteiger partial charge is 0.481 e. The third-order valence-electron chi connectivity index (χ3n) is 5.00. The van der Waals surface area contributed by atoms with E-state index in [0.717, 1.165) is 18.9 Å². The lowest BCUT2D eigenvalue weighted by molar-refractivity contribution is 0.0390. The van der Waals surface area contributed by atoms with Crippen LogP contribution in [0, 0.1) is 5.92 Å². The molecular formula is C14H20N6O. The Labute approximate surface area is 123 Å². The Morgan fingerprint density at radius 3 is 2.76 bits per heavy atom. The van der Waals surface area contributed by atoms with Gasteiger partial charge >= 0.3 is 0 Å². The number of piperidine rings is 3. The zero-order valence-corrected chi connectivity index (χ0v) is 12.2. The normalized spacial score (nSPS) is 34.3. The molecule has 4 aliphatic rings. The van der Waals surface area contributed by atoms with E-state index < -0.39 is 0 Å². The van der Waals surface area contributed by atoms with Gasteiger partial charge in [-0.25, -0.2) is 15.0 Å². The summed E-state index contributed by atoms with van der Waals surface area (Å²) in [5.41, 5.74) is 6.14. The average molecular weight is 288 g/mol. The van der Waals surface area contributed by atoms with E-state index >= 15 is 0 Å². The first-order chi connectivity index (χ1) is 10.2. The Balaban J connectivity index is 1.63. The summed E-state index contributed by atoms with van der Waals surface area (Å²) in [6.07, 6.45) is 3.94. The van der Waals surface area contributed by atoms with E-state index in [1.165, 1.54) is 32.3 Å². The number of nitrogens with two attached hydrogens (primary N) is 1. The highest BCUT2D eigenvalue weighted by Gasteiger charge is 2.51. The number of ether oxygens (including phenoxy) is 1. The highest BCUT2D eigenvalue weighted by Crippen LogP contribution is 2.42. The predicted octanol–water partition coefficient (Wildman–Crippen LogP) is 0.0843. The molecule has 0 aromatic carbocycles. The fourth-order valence-corrected chi connectivity index (χ4v) is 3.92. The van der Waals surface area contributed by atoms with Crippen LogP contribution >= 0.6 is 0 Å². The van der Waals surface area contributed by atoms with E-state index in [9.17, 15) is 0 Å². The topological polar surface area (TPSA) is 79.9 Å². The summed E-state index contributed by atoms with van der Waals surface area (Å²) in [5.74, 6) is 2.50. The molecule has 1 atom stereocenters. The molecule has 3 fully saturated rings. The number of anilines is 1. The second kappa shape index (κ2) is 4.56. The van der Waals surface area contributed by atoms with Gasteiger partial charge in [0, 0.05) is 12.6 Å². The smallest absolute Gasteiger partial charge is 0.218 e. The average Bonchev–Trinajstić information content (AvgIpc) is 2.84. The highest BCUT2D eigenvalue weighted by molar-refractivity contribution is 5.96. The summed E-state index contributed by atoms with van der Waals surface area (Å²) in [6, 6.07) is 1.81. The second-order valence-electron chi connectivity index (χ2n) is 6.13. The van der Waals surface area contributed by atoms with Crippen LogP contribution in [0.25, 0.3) is 0 Å². The van der Waals surface area contributed by atoms with Crippen molar-refractivity contribution in [1.29, 1.82) is 0 Å². The maximum absolute atomic E-state index is 6.20. The summed E-state index contributed by atoms with van der Waals surface area (Å²) >= 11 is 0. The van der Waals surface area contributed by atoms with E-state index in [-0.39, 0.29) is 5.54 Å². The Kier molecular flexibility index (Phi) is 2.78. The molecule has 1 unspecified atom stereocenters. The third-order valence-corrected chi connectivity index (χ3v) is 5.00. The maximum atomic E-state index is 6.20. The van der Waals surface area contributed by atoms with Gasteiger partial charge in [0.15, 0.2) is 5.96 Å². The van der Waals surface area contributed by atoms with Crippen LogP contribution in [0.3, 0.4) is 0 Å². The lowest BCUT2D eigenvalue weighted by Gasteiger charge is -2.49. The Hall–Kier alpha value is -1.89. The van der Waals surface area contributed by atoms with Gasteiger partial charge in [-0.2, -0.15) is 0 Å². The SMILES string of the molecule is COc1cc(N2CC3(CN4CCC3CC4)N=C2N)ncn1. The first-order valence-electron chi connectivity index (χ1n) is 7.41. The first-order valence-corrected chi connectivity index (χ1v) is 7.41. The van der Waals surface area contributed by atoms with Crippen LogP contribution in [0.1, 0.15) is 12.8 Å². The molecule has 0 aliphatic carbocycles. The van der Waals surface area contributed by atoms with Crippen molar-refractivity contribution in [3.63, 3.8) is 0 Å². The molecular weight excluding hydrogens is 268 g/mol. The molecule has 2 N–H and O–H groups in total. The number of guanidine groups is 1. The quantitative estimate of drug-likeness (QED) is 0.830. The maximum Gasteiger partial charge on any atom is 0.218 e. The van der Waals surface area contributed by atoms with Crippen molar-refractivity contribution < 1.29 is 4.74 Å². The van der Waals surface area contributed by atoms with Gasteiger partial charge in [-0.05, 0) is 31.8 Å². The number of aromatic nitrogens is 2. The lowest BCUT2D eigenvalue weighted by Crippen LogP contribution is -2.60. The minimum atomic E-state index is -0.0568. The van der Waals surface area contributed by atoms with Crippen molar-refractivity contribution in [3.05, 3.63) is 12.4 Å². The van der Waals surface area contributed by atoms with E-state index in [2.05, 4.69) is 14.9 Å². The molecule has 112 valence electrons. The number of methoxy groups -OCH3 is 1. The minimum Gasteiger partial charge on any atom is -0.481 e. The van der Waals surface area contributed by atoms with Crippen LogP contribution in [-0.2, 0) is 0 Å². The van der Waals surface area contributed by atoms with Crippen LogP contribution in [0.5, 0.6) is 5.88 Å². The zero-order chi connectivity index (χ0) is 14.4. The predicted molar refractivity (Wildman–Crippen MR) is 79.4 cm³/mol. The number of nitrogens with zero attached hydrogens (tertiary/aromatic N) is 5. The molecule has 0 saturated carbocycles. The van der Waals surface area contributed by atoms with Crippen molar-refractivity contribution in [3.8, 4) is 5.88 Å². The standard InChI is InChI=1S/C14H20N6O/c1-21-12-6-11(16-9-17-12)20-8-14(18-13(20)15)7-19-4-2-10(14)3-5-19/h6,9-10H,2-5,7-8H2,1H3,(H2,15,18). The minimum absolute atomic E-state index is 0.0568. The van der Waals surface area contributed by atoms with Gasteiger partial charge in [0.1, 0.15) is 12.1 Å². The van der Waals surface area contributed by atoms with Gasteiger partial charge in [0.25, 0.3) is 0 Å². The molecule has 21 heavy (non-hydrogen) atoms. The summed E-state index contributed by atoms with van der Waals surface area (Å²) < 4.78 is 5.17. The number of hydrogen-bond acceptors (Lipinski definition) is 7. The van der Waals surface area contributed by atoms with Crippen molar-refractivity contribution >= 4 is 11.8 Å². The van der Waals surface area contributed by atoms with Gasteiger partial charge in [-0.1, -0.05) is 0 Å². The molecule has 7 heteroatoms. The number of hydrogen-bond donors (Lipinski definition) is 1. The first kappa shape index (κ1) is 12.8. The van der Waals surface area contributed by atoms with Crippen LogP contribution in [0.15, 0.2) is 17.4 Å². The number of fused-ring (bicyclic) bond motifs is 2. The van der Waals surface area contributed by atoms with Crippen molar-refractivity contribution in [2.24, 2.45) is 16.6 Å². The highest BCUT2D eigenvalue weighted by atomic mass is 16.5. The summed E-state index contributed by atoms with van der Waals surface area (Å²) in [5, 5.41) is 0. The molecule has 4 aliphatic heterocycles. The van der Waals surface area contributed by atoms with E-state index in [1.54, 1.807) is 7.11 Å². The summed E-state index contributed by atoms with van der Waals surface area (Å²) in [7, 11) is 1.60. The van der Waals surface area contributed by atoms with Crippen molar-refractivity contribution in [1.82, 2.24) is 14.9 Å². The fourth-order valence-electron chi connectivity index (χ4n) is 3.92. The number of aliphatic imine (C=N–C) groups is 1. The fraction of sp³-hybridized carbons (Fsp3) is 0.643. The monoisotopic (exact) mass is 288 g/mol. The van der Waals surface area contributed by atoms with Crippen LogP contribution in [0.4, 0.5) is 5.82 Å². The Morgan fingerprint density at radius 2 is 2.10 bits per heavy atom. The van der Waals surface area contributed by atoms with Crippen LogP contribution < -0.4 is 15.4 Å². The molecule has 5 heterocycles. The molecule has 3 saturated heterocycles. The van der Waals surface area contributed by atoms with E-state index in [1.807, 2.05) is 11.0 Å².